The molecule has 0 aromatic heterocycles. The fraction of sp³-hybridized carbons (Fsp3) is 0.385. The maximum absolute atomic E-state index is 12.4. The number of rotatable bonds is 8. The summed E-state index contributed by atoms with van der Waals surface area (Å²) in [4.78, 5) is 24.8. The molecule has 3 rings (SSSR count). The number of hydrogen-bond acceptors (Lipinski definition) is 6. The molecule has 0 aliphatic heterocycles. The first kappa shape index (κ1) is 23.4. The lowest BCUT2D eigenvalue weighted by atomic mass is 9.91. The smallest absolute Gasteiger partial charge is 0.434 e. The van der Waals surface area contributed by atoms with E-state index in [1.165, 1.54) is 0 Å². The Labute approximate surface area is 188 Å². The van der Waals surface area contributed by atoms with E-state index >= 15 is 0 Å². The van der Waals surface area contributed by atoms with E-state index in [0.717, 1.165) is 29.4 Å². The van der Waals surface area contributed by atoms with E-state index in [4.69, 9.17) is 18.9 Å². The van der Waals surface area contributed by atoms with Crippen LogP contribution in [0.1, 0.15) is 51.7 Å². The van der Waals surface area contributed by atoms with Crippen molar-refractivity contribution in [3.05, 3.63) is 47.5 Å². The predicted octanol–water partition coefficient (Wildman–Crippen LogP) is 6.97. The molecule has 0 atom stereocenters. The summed E-state index contributed by atoms with van der Waals surface area (Å²) in [6.45, 7) is 8.53. The number of aryl methyl sites for hydroxylation is 2. The SMILES string of the molecule is CCCOC(=O)Oc1c2ccccc2c(OC(=O)OCCC)c2c(CC)c(CC)ccc12. The van der Waals surface area contributed by atoms with Crippen LogP contribution in [0, 0.1) is 0 Å². The lowest BCUT2D eigenvalue weighted by molar-refractivity contribution is 0.0984. The Kier molecular flexibility index (Phi) is 7.92. The quantitative estimate of drug-likeness (QED) is 0.215. The van der Waals surface area contributed by atoms with Gasteiger partial charge >= 0.3 is 12.3 Å². The summed E-state index contributed by atoms with van der Waals surface area (Å²) in [6, 6.07) is 11.3. The zero-order chi connectivity index (χ0) is 23.1. The van der Waals surface area contributed by atoms with Gasteiger partial charge in [-0.3, -0.25) is 0 Å². The van der Waals surface area contributed by atoms with Crippen molar-refractivity contribution in [1.29, 1.82) is 0 Å². The highest BCUT2D eigenvalue weighted by Crippen LogP contribution is 2.45. The van der Waals surface area contributed by atoms with E-state index in [1.54, 1.807) is 0 Å². The number of fused-ring (bicyclic) bond motifs is 2. The van der Waals surface area contributed by atoms with Crippen molar-refractivity contribution in [3.8, 4) is 11.5 Å². The van der Waals surface area contributed by atoms with Gasteiger partial charge in [0.2, 0.25) is 0 Å². The van der Waals surface area contributed by atoms with E-state index in [1.807, 2.05) is 50.2 Å². The molecule has 3 aromatic rings. The van der Waals surface area contributed by atoms with Crippen molar-refractivity contribution in [2.24, 2.45) is 0 Å². The zero-order valence-corrected chi connectivity index (χ0v) is 19.2. The van der Waals surface area contributed by atoms with Crippen molar-refractivity contribution in [2.75, 3.05) is 13.2 Å². The van der Waals surface area contributed by atoms with Crippen LogP contribution in [0.4, 0.5) is 9.59 Å². The molecule has 0 saturated heterocycles. The highest BCUT2D eigenvalue weighted by atomic mass is 16.7. The highest BCUT2D eigenvalue weighted by molar-refractivity contribution is 6.13. The van der Waals surface area contributed by atoms with Gasteiger partial charge in [0.05, 0.1) is 13.2 Å². The van der Waals surface area contributed by atoms with Crippen molar-refractivity contribution in [3.63, 3.8) is 0 Å². The molecule has 3 aromatic carbocycles. The van der Waals surface area contributed by atoms with Crippen LogP contribution in [0.15, 0.2) is 36.4 Å². The van der Waals surface area contributed by atoms with Gasteiger partial charge in [0, 0.05) is 21.5 Å². The van der Waals surface area contributed by atoms with Gasteiger partial charge in [-0.05, 0) is 36.8 Å². The fourth-order valence-corrected chi connectivity index (χ4v) is 3.85. The average Bonchev–Trinajstić information content (AvgIpc) is 2.82. The second-order valence-electron chi connectivity index (χ2n) is 7.44. The van der Waals surface area contributed by atoms with Crippen LogP contribution in [-0.4, -0.2) is 25.5 Å². The molecule has 32 heavy (non-hydrogen) atoms. The topological polar surface area (TPSA) is 71.1 Å². The third kappa shape index (κ3) is 4.79. The average molecular weight is 439 g/mol. The Morgan fingerprint density at radius 1 is 0.688 bits per heavy atom. The molecule has 0 aliphatic carbocycles. The van der Waals surface area contributed by atoms with Gasteiger partial charge in [0.15, 0.2) is 5.75 Å². The third-order valence-corrected chi connectivity index (χ3v) is 5.25. The van der Waals surface area contributed by atoms with Crippen LogP contribution >= 0.6 is 0 Å². The minimum atomic E-state index is -0.757. The normalized spacial score (nSPS) is 10.9. The van der Waals surface area contributed by atoms with Gasteiger partial charge in [-0.15, -0.1) is 0 Å². The molecule has 0 unspecified atom stereocenters. The van der Waals surface area contributed by atoms with Crippen LogP contribution in [0.5, 0.6) is 11.5 Å². The largest absolute Gasteiger partial charge is 0.513 e. The number of hydrogen-bond donors (Lipinski definition) is 0. The van der Waals surface area contributed by atoms with Crippen LogP contribution in [0.3, 0.4) is 0 Å². The number of benzene rings is 3. The second-order valence-corrected chi connectivity index (χ2v) is 7.44. The molecule has 0 fully saturated rings. The summed E-state index contributed by atoms with van der Waals surface area (Å²) < 4.78 is 21.8. The van der Waals surface area contributed by atoms with Crippen LogP contribution in [0.2, 0.25) is 0 Å². The summed E-state index contributed by atoms with van der Waals surface area (Å²) in [5.74, 6) is 0.807. The molecule has 0 heterocycles. The molecule has 0 spiro atoms. The van der Waals surface area contributed by atoms with Gasteiger partial charge < -0.3 is 18.9 Å². The van der Waals surface area contributed by atoms with Crippen LogP contribution in [0.25, 0.3) is 21.5 Å². The van der Waals surface area contributed by atoms with Gasteiger partial charge in [0.25, 0.3) is 0 Å². The van der Waals surface area contributed by atoms with Gasteiger partial charge in [-0.1, -0.05) is 64.1 Å². The fourth-order valence-electron chi connectivity index (χ4n) is 3.85. The first-order valence-electron chi connectivity index (χ1n) is 11.2. The van der Waals surface area contributed by atoms with Gasteiger partial charge in [-0.2, -0.15) is 0 Å². The van der Waals surface area contributed by atoms with Crippen molar-refractivity contribution in [2.45, 2.75) is 53.4 Å². The Morgan fingerprint density at radius 2 is 1.25 bits per heavy atom. The number of carbonyl (C=O) groups excluding carboxylic acids is 2. The van der Waals surface area contributed by atoms with E-state index in [0.29, 0.717) is 40.5 Å². The second kappa shape index (κ2) is 10.8. The Balaban J connectivity index is 2.31. The van der Waals surface area contributed by atoms with Crippen molar-refractivity contribution in [1.82, 2.24) is 0 Å². The van der Waals surface area contributed by atoms with Gasteiger partial charge in [-0.25, -0.2) is 9.59 Å². The predicted molar refractivity (Wildman–Crippen MR) is 125 cm³/mol. The van der Waals surface area contributed by atoms with E-state index < -0.39 is 12.3 Å². The monoisotopic (exact) mass is 438 g/mol. The Morgan fingerprint density at radius 3 is 1.78 bits per heavy atom. The standard InChI is InChI=1S/C26H30O6/c1-5-15-29-25(27)31-23-19-11-9-10-12-20(19)24(32-26(28)30-16-6-2)22-18(8-4)17(7-3)13-14-21(22)23/h9-14H,5-8,15-16H2,1-4H3. The third-order valence-electron chi connectivity index (χ3n) is 5.25. The van der Waals surface area contributed by atoms with Crippen LogP contribution < -0.4 is 9.47 Å². The van der Waals surface area contributed by atoms with Crippen LogP contribution in [-0.2, 0) is 22.3 Å². The molecule has 0 amide bonds. The maximum Gasteiger partial charge on any atom is 0.513 e. The lowest BCUT2D eigenvalue weighted by Crippen LogP contribution is -2.14. The first-order chi connectivity index (χ1) is 15.5. The molecule has 0 bridgehead atoms. The molecular weight excluding hydrogens is 408 g/mol. The zero-order valence-electron chi connectivity index (χ0n) is 19.2. The molecule has 0 saturated carbocycles. The summed E-state index contributed by atoms with van der Waals surface area (Å²) in [5, 5.41) is 2.74. The first-order valence-corrected chi connectivity index (χ1v) is 11.2. The highest BCUT2D eigenvalue weighted by Gasteiger charge is 2.23. The molecule has 0 N–H and O–H groups in total. The number of ether oxygens (including phenoxy) is 4. The molecule has 170 valence electrons. The lowest BCUT2D eigenvalue weighted by Gasteiger charge is -2.19. The number of carbonyl (C=O) groups is 2. The van der Waals surface area contributed by atoms with Gasteiger partial charge in [0.1, 0.15) is 5.75 Å². The summed E-state index contributed by atoms with van der Waals surface area (Å²) >= 11 is 0. The Bertz CT molecular complexity index is 1120. The van der Waals surface area contributed by atoms with E-state index in [-0.39, 0.29) is 13.2 Å². The maximum atomic E-state index is 12.4. The van der Waals surface area contributed by atoms with E-state index in [9.17, 15) is 9.59 Å². The summed E-state index contributed by atoms with van der Waals surface area (Å²) in [5.41, 5.74) is 2.18. The van der Waals surface area contributed by atoms with Crippen molar-refractivity contribution >= 4 is 33.9 Å². The minimum Gasteiger partial charge on any atom is -0.434 e. The summed E-state index contributed by atoms with van der Waals surface area (Å²) in [6.07, 6.45) is 1.43. The molecule has 0 aliphatic rings. The summed E-state index contributed by atoms with van der Waals surface area (Å²) in [7, 11) is 0. The molecular formula is C26H30O6. The molecule has 6 nitrogen and oxygen atoms in total. The molecule has 0 radical (unpaired) electrons. The van der Waals surface area contributed by atoms with E-state index in [2.05, 4.69) is 13.8 Å². The minimum absolute atomic E-state index is 0.277. The van der Waals surface area contributed by atoms with Crippen molar-refractivity contribution < 1.29 is 28.5 Å². The molecule has 6 heteroatoms. The Hall–Kier alpha value is -3.28.